The van der Waals surface area contributed by atoms with E-state index in [4.69, 9.17) is 23.2 Å². The molecule has 0 aliphatic heterocycles. The van der Waals surface area contributed by atoms with Crippen LogP contribution in [0.1, 0.15) is 0 Å². The molecule has 2 N–H and O–H groups in total. The summed E-state index contributed by atoms with van der Waals surface area (Å²) in [5.41, 5.74) is 0.709. The summed E-state index contributed by atoms with van der Waals surface area (Å²) in [5, 5.41) is 0.0782. The zero-order valence-corrected chi connectivity index (χ0v) is 12.6. The molecule has 0 atom stereocenters. The van der Waals surface area contributed by atoms with Crippen LogP contribution in [0.2, 0.25) is 9.49 Å². The van der Waals surface area contributed by atoms with E-state index in [9.17, 15) is 8.42 Å². The smallest absolute Gasteiger partial charge is 0.273 e. The minimum Gasteiger partial charge on any atom is -0.341 e. The first-order valence-corrected chi connectivity index (χ1v) is 8.16. The number of fused-ring (bicyclic) bond motifs is 1. The lowest BCUT2D eigenvalue weighted by molar-refractivity contribution is 0.603. The van der Waals surface area contributed by atoms with Crippen molar-refractivity contribution in [2.75, 3.05) is 4.72 Å². The summed E-state index contributed by atoms with van der Waals surface area (Å²) in [5.74, 6) is -0.154. The van der Waals surface area contributed by atoms with Crippen LogP contribution in [0.4, 0.5) is 5.95 Å². The second kappa shape index (κ2) is 4.85. The molecule has 0 bridgehead atoms. The fraction of sp³-hybridized carbons (Fsp3) is 0. The fourth-order valence-electron chi connectivity index (χ4n) is 1.46. The lowest BCUT2D eigenvalue weighted by Gasteiger charge is -2.04. The van der Waals surface area contributed by atoms with Gasteiger partial charge >= 0.3 is 0 Å². The van der Waals surface area contributed by atoms with Crippen LogP contribution in [0.15, 0.2) is 22.7 Å². The number of nitrogens with zero attached hydrogens (tertiary/aromatic N) is 3. The Morgan fingerprint density at radius 2 is 2.05 bits per heavy atom. The highest BCUT2D eigenvalue weighted by Crippen LogP contribution is 2.27. The number of hydrogen-bond acceptors (Lipinski definition) is 6. The summed E-state index contributed by atoms with van der Waals surface area (Å²) >= 11 is 12.6. The predicted molar refractivity (Wildman–Crippen MR) is 76.8 cm³/mol. The van der Waals surface area contributed by atoms with E-state index in [1.54, 1.807) is 0 Å². The molecule has 0 radical (unpaired) electrons. The van der Waals surface area contributed by atoms with E-state index >= 15 is 0 Å². The Kier molecular flexibility index (Phi) is 3.28. The van der Waals surface area contributed by atoms with Crippen LogP contribution >= 0.6 is 34.5 Å². The number of hydrogen-bond donors (Lipinski definition) is 2. The average molecular weight is 350 g/mol. The normalized spacial score (nSPS) is 11.9. The number of aromatic amines is 1. The average Bonchev–Trinajstić information content (AvgIpc) is 2.97. The van der Waals surface area contributed by atoms with Crippen molar-refractivity contribution in [3.8, 4) is 0 Å². The molecule has 0 spiro atoms. The first-order chi connectivity index (χ1) is 9.45. The lowest BCUT2D eigenvalue weighted by Crippen LogP contribution is -2.14. The van der Waals surface area contributed by atoms with Crippen molar-refractivity contribution >= 4 is 61.7 Å². The maximum absolute atomic E-state index is 12.1. The molecule has 0 saturated heterocycles. The summed E-state index contributed by atoms with van der Waals surface area (Å²) in [6, 6.07) is 2.88. The molecular weight excluding hydrogens is 345 g/mol. The van der Waals surface area contributed by atoms with Crippen LogP contribution in [0.5, 0.6) is 0 Å². The number of imidazole rings is 1. The van der Waals surface area contributed by atoms with Gasteiger partial charge in [0.05, 0.1) is 10.7 Å². The van der Waals surface area contributed by atoms with Gasteiger partial charge in [0.25, 0.3) is 10.0 Å². The summed E-state index contributed by atoms with van der Waals surface area (Å²) in [7, 11) is -3.80. The highest BCUT2D eigenvalue weighted by atomic mass is 35.5. The second-order valence-electron chi connectivity index (χ2n) is 3.60. The van der Waals surface area contributed by atoms with Gasteiger partial charge in [0.15, 0.2) is 10.8 Å². The Bertz CT molecular complexity index is 889. The van der Waals surface area contributed by atoms with E-state index in [2.05, 4.69) is 24.7 Å². The third-order valence-electron chi connectivity index (χ3n) is 2.28. The van der Waals surface area contributed by atoms with Gasteiger partial charge in [-0.1, -0.05) is 23.2 Å². The van der Waals surface area contributed by atoms with Crippen molar-refractivity contribution < 1.29 is 8.42 Å². The van der Waals surface area contributed by atoms with Crippen molar-refractivity contribution in [3.63, 3.8) is 0 Å². The number of anilines is 1. The number of H-pyrrole nitrogens is 1. The van der Waals surface area contributed by atoms with Gasteiger partial charge in [0.2, 0.25) is 5.95 Å². The number of nitrogens with one attached hydrogen (secondary N) is 2. The third-order valence-corrected chi connectivity index (χ3v) is 5.61. The lowest BCUT2D eigenvalue weighted by atomic mass is 10.6. The highest BCUT2D eigenvalue weighted by Gasteiger charge is 2.19. The molecule has 3 rings (SSSR count). The molecule has 0 amide bonds. The molecule has 0 saturated carbocycles. The molecule has 0 fully saturated rings. The molecule has 11 heteroatoms. The van der Waals surface area contributed by atoms with Crippen molar-refractivity contribution in [2.45, 2.75) is 4.21 Å². The Morgan fingerprint density at radius 3 is 2.75 bits per heavy atom. The molecule has 104 valence electrons. The van der Waals surface area contributed by atoms with Gasteiger partial charge in [0, 0.05) is 0 Å². The molecule has 7 nitrogen and oxygen atoms in total. The topological polar surface area (TPSA) is 101 Å². The van der Waals surface area contributed by atoms with Gasteiger partial charge in [-0.15, -0.1) is 11.3 Å². The monoisotopic (exact) mass is 349 g/mol. The molecular formula is C9H5Cl2N5O2S2. The van der Waals surface area contributed by atoms with Gasteiger partial charge in [-0.3, -0.25) is 0 Å². The SMILES string of the molecule is O=S(=O)(Nc1nc(Cl)c2[nH]cnc2n1)c1ccc(Cl)s1. The largest absolute Gasteiger partial charge is 0.341 e. The molecule has 0 unspecified atom stereocenters. The number of sulfonamides is 1. The first kappa shape index (κ1) is 13.6. The van der Waals surface area contributed by atoms with Gasteiger partial charge in [-0.25, -0.2) is 18.1 Å². The number of rotatable bonds is 3. The van der Waals surface area contributed by atoms with Crippen LogP contribution in [0, 0.1) is 0 Å². The number of thiophene rings is 1. The maximum atomic E-state index is 12.1. The summed E-state index contributed by atoms with van der Waals surface area (Å²) in [6.07, 6.45) is 1.39. The van der Waals surface area contributed by atoms with Crippen LogP contribution < -0.4 is 4.72 Å². The summed E-state index contributed by atoms with van der Waals surface area (Å²) in [4.78, 5) is 14.5. The fourth-order valence-corrected chi connectivity index (χ4v) is 4.10. The molecule has 3 aromatic heterocycles. The van der Waals surface area contributed by atoms with E-state index in [1.807, 2.05) is 0 Å². The molecule has 20 heavy (non-hydrogen) atoms. The standard InChI is InChI=1S/C9H5Cl2N5O2S2/c10-4-1-2-5(19-4)20(17,18)16-9-14-7(11)6-8(15-9)13-3-12-6/h1-3H,(H2,12,13,14,15,16). The quantitative estimate of drug-likeness (QED) is 0.707. The predicted octanol–water partition coefficient (Wildman–Crippen LogP) is 2.52. The van der Waals surface area contributed by atoms with Crippen molar-refractivity contribution in [1.29, 1.82) is 0 Å². The third kappa shape index (κ3) is 2.44. The Hall–Kier alpha value is -1.42. The maximum Gasteiger partial charge on any atom is 0.273 e. The van der Waals surface area contributed by atoms with Gasteiger partial charge < -0.3 is 4.98 Å². The highest BCUT2D eigenvalue weighted by molar-refractivity contribution is 7.94. The Balaban J connectivity index is 2.00. The summed E-state index contributed by atoms with van der Waals surface area (Å²) in [6.45, 7) is 0. The molecule has 0 aromatic carbocycles. The van der Waals surface area contributed by atoms with Crippen molar-refractivity contribution in [3.05, 3.63) is 27.9 Å². The molecule has 3 heterocycles. The van der Waals surface area contributed by atoms with E-state index in [1.165, 1.54) is 18.5 Å². The zero-order chi connectivity index (χ0) is 14.3. The van der Waals surface area contributed by atoms with Gasteiger partial charge in [-0.2, -0.15) is 9.97 Å². The van der Waals surface area contributed by atoms with Crippen LogP contribution in [0.3, 0.4) is 0 Å². The molecule has 0 aliphatic carbocycles. The zero-order valence-electron chi connectivity index (χ0n) is 9.46. The van der Waals surface area contributed by atoms with E-state index in [0.29, 0.717) is 9.85 Å². The van der Waals surface area contributed by atoms with Crippen LogP contribution in [-0.2, 0) is 10.0 Å². The molecule has 0 aliphatic rings. The van der Waals surface area contributed by atoms with E-state index in [-0.39, 0.29) is 21.0 Å². The van der Waals surface area contributed by atoms with Crippen LogP contribution in [0.25, 0.3) is 11.2 Å². The van der Waals surface area contributed by atoms with Gasteiger partial charge in [-0.05, 0) is 12.1 Å². The second-order valence-corrected chi connectivity index (χ2v) is 7.59. The van der Waals surface area contributed by atoms with Crippen molar-refractivity contribution in [2.24, 2.45) is 0 Å². The molecule has 3 aromatic rings. The van der Waals surface area contributed by atoms with E-state index in [0.717, 1.165) is 11.3 Å². The van der Waals surface area contributed by atoms with Gasteiger partial charge in [0.1, 0.15) is 9.73 Å². The number of halogens is 2. The minimum absolute atomic E-state index is 0.0596. The van der Waals surface area contributed by atoms with Crippen LogP contribution in [-0.4, -0.2) is 28.4 Å². The minimum atomic E-state index is -3.80. The summed E-state index contributed by atoms with van der Waals surface area (Å²) < 4.78 is 26.8. The Morgan fingerprint density at radius 1 is 1.25 bits per heavy atom. The first-order valence-electron chi connectivity index (χ1n) is 5.10. The van der Waals surface area contributed by atoms with E-state index < -0.39 is 10.0 Å². The number of aromatic nitrogens is 4. The Labute approximate surface area is 127 Å². The van der Waals surface area contributed by atoms with Crippen molar-refractivity contribution in [1.82, 2.24) is 19.9 Å².